The molecule has 0 aliphatic carbocycles. The quantitative estimate of drug-likeness (QED) is 0.791. The minimum absolute atomic E-state index is 0.188. The summed E-state index contributed by atoms with van der Waals surface area (Å²) in [6.45, 7) is 3.98. The zero-order valence-corrected chi connectivity index (χ0v) is 16.2. The number of carbonyl (C=O) groups is 1. The van der Waals surface area contributed by atoms with Gasteiger partial charge < -0.3 is 10.1 Å². The van der Waals surface area contributed by atoms with Crippen LogP contribution in [0.15, 0.2) is 53.4 Å². The van der Waals surface area contributed by atoms with E-state index in [4.69, 9.17) is 4.74 Å². The van der Waals surface area contributed by atoms with Crippen LogP contribution in [0.25, 0.3) is 0 Å². The summed E-state index contributed by atoms with van der Waals surface area (Å²) < 4.78 is 31.9. The van der Waals surface area contributed by atoms with E-state index < -0.39 is 10.0 Å². The van der Waals surface area contributed by atoms with E-state index in [1.807, 2.05) is 6.92 Å². The molecule has 0 saturated carbocycles. The predicted octanol–water partition coefficient (Wildman–Crippen LogP) is 2.80. The summed E-state index contributed by atoms with van der Waals surface area (Å²) in [5, 5.41) is 2.84. The van der Waals surface area contributed by atoms with Gasteiger partial charge in [-0.2, -0.15) is 4.31 Å². The topological polar surface area (TPSA) is 75.7 Å². The highest BCUT2D eigenvalue weighted by Crippen LogP contribution is 2.21. The molecule has 0 spiro atoms. The molecule has 0 bridgehead atoms. The number of benzene rings is 2. The van der Waals surface area contributed by atoms with E-state index in [9.17, 15) is 13.2 Å². The molecule has 0 atom stereocenters. The second-order valence-electron chi connectivity index (χ2n) is 6.40. The fraction of sp³-hybridized carbons (Fsp3) is 0.350. The second kappa shape index (κ2) is 8.54. The van der Waals surface area contributed by atoms with E-state index in [1.54, 1.807) is 48.5 Å². The molecule has 2 aromatic carbocycles. The Morgan fingerprint density at radius 3 is 2.26 bits per heavy atom. The Hall–Kier alpha value is -2.38. The van der Waals surface area contributed by atoms with Crippen LogP contribution < -0.4 is 10.1 Å². The van der Waals surface area contributed by atoms with Gasteiger partial charge in [0.25, 0.3) is 5.91 Å². The monoisotopic (exact) mass is 388 g/mol. The molecule has 2 aromatic rings. The van der Waals surface area contributed by atoms with Crippen molar-refractivity contribution in [2.75, 3.05) is 19.7 Å². The largest absolute Gasteiger partial charge is 0.494 e. The maximum absolute atomic E-state index is 12.5. The number of ether oxygens (including phenoxy) is 1. The van der Waals surface area contributed by atoms with Crippen molar-refractivity contribution in [3.05, 3.63) is 59.7 Å². The average molecular weight is 388 g/mol. The van der Waals surface area contributed by atoms with Crippen LogP contribution in [0.1, 0.15) is 35.7 Å². The molecule has 0 unspecified atom stereocenters. The third kappa shape index (κ3) is 4.67. The Bertz CT molecular complexity index is 871. The fourth-order valence-corrected chi connectivity index (χ4v) is 4.53. The molecule has 144 valence electrons. The Kier molecular flexibility index (Phi) is 6.13. The van der Waals surface area contributed by atoms with E-state index in [0.717, 1.165) is 24.2 Å². The summed E-state index contributed by atoms with van der Waals surface area (Å²) in [7, 11) is -3.40. The number of hydrogen-bond acceptors (Lipinski definition) is 4. The van der Waals surface area contributed by atoms with Crippen molar-refractivity contribution < 1.29 is 17.9 Å². The van der Waals surface area contributed by atoms with Crippen molar-refractivity contribution in [1.82, 2.24) is 9.62 Å². The van der Waals surface area contributed by atoms with E-state index in [1.165, 1.54) is 4.31 Å². The van der Waals surface area contributed by atoms with Gasteiger partial charge in [0, 0.05) is 25.2 Å². The summed E-state index contributed by atoms with van der Waals surface area (Å²) in [6, 6.07) is 13.6. The number of sulfonamides is 1. The Balaban J connectivity index is 1.59. The normalized spacial score (nSPS) is 14.9. The number of nitrogens with one attached hydrogen (secondary N) is 1. The molecule has 1 N–H and O–H groups in total. The lowest BCUT2D eigenvalue weighted by Gasteiger charge is -2.15. The Morgan fingerprint density at radius 1 is 1.04 bits per heavy atom. The number of rotatable bonds is 7. The van der Waals surface area contributed by atoms with Crippen LogP contribution in [0.4, 0.5) is 0 Å². The molecule has 27 heavy (non-hydrogen) atoms. The second-order valence-corrected chi connectivity index (χ2v) is 8.33. The molecule has 1 fully saturated rings. The van der Waals surface area contributed by atoms with Crippen LogP contribution in [0, 0.1) is 0 Å². The molecule has 1 saturated heterocycles. The van der Waals surface area contributed by atoms with Crippen LogP contribution in [0.2, 0.25) is 0 Å². The van der Waals surface area contributed by atoms with Crippen LogP contribution >= 0.6 is 0 Å². The lowest BCUT2D eigenvalue weighted by molar-refractivity contribution is 0.0951. The van der Waals surface area contributed by atoms with Gasteiger partial charge in [0.1, 0.15) is 5.75 Å². The molecule has 0 radical (unpaired) electrons. The molecule has 0 aromatic heterocycles. The number of nitrogens with zero attached hydrogens (tertiary/aromatic N) is 1. The van der Waals surface area contributed by atoms with E-state index in [2.05, 4.69) is 5.32 Å². The highest BCUT2D eigenvalue weighted by atomic mass is 32.2. The number of amides is 1. The average Bonchev–Trinajstić information content (AvgIpc) is 3.23. The zero-order chi connectivity index (χ0) is 19.3. The van der Waals surface area contributed by atoms with Crippen molar-refractivity contribution in [3.63, 3.8) is 0 Å². The summed E-state index contributed by atoms with van der Waals surface area (Å²) in [5.41, 5.74) is 1.39. The highest BCUT2D eigenvalue weighted by Gasteiger charge is 2.26. The van der Waals surface area contributed by atoms with E-state index in [-0.39, 0.29) is 5.91 Å². The number of carbonyl (C=O) groups excluding carboxylic acids is 1. The maximum Gasteiger partial charge on any atom is 0.251 e. The summed E-state index contributed by atoms with van der Waals surface area (Å²) >= 11 is 0. The SMILES string of the molecule is CCOc1ccc(C(=O)NCc2ccc(S(=O)(=O)N3CCCC3)cc2)cc1. The van der Waals surface area contributed by atoms with Crippen molar-refractivity contribution >= 4 is 15.9 Å². The Morgan fingerprint density at radius 2 is 1.67 bits per heavy atom. The van der Waals surface area contributed by atoms with Crippen molar-refractivity contribution in [2.24, 2.45) is 0 Å². The minimum Gasteiger partial charge on any atom is -0.494 e. The smallest absolute Gasteiger partial charge is 0.251 e. The number of hydrogen-bond donors (Lipinski definition) is 1. The lowest BCUT2D eigenvalue weighted by Crippen LogP contribution is -2.28. The first kappa shape index (κ1) is 19.4. The predicted molar refractivity (Wildman–Crippen MR) is 103 cm³/mol. The van der Waals surface area contributed by atoms with Crippen LogP contribution in [-0.2, 0) is 16.6 Å². The highest BCUT2D eigenvalue weighted by molar-refractivity contribution is 7.89. The fourth-order valence-electron chi connectivity index (χ4n) is 3.01. The van der Waals surface area contributed by atoms with Gasteiger partial charge in [0.05, 0.1) is 11.5 Å². The summed E-state index contributed by atoms with van der Waals surface area (Å²) in [4.78, 5) is 12.5. The van der Waals surface area contributed by atoms with Gasteiger partial charge in [-0.05, 0) is 61.7 Å². The third-order valence-electron chi connectivity index (χ3n) is 4.51. The van der Waals surface area contributed by atoms with Crippen molar-refractivity contribution in [2.45, 2.75) is 31.2 Å². The third-order valence-corrected chi connectivity index (χ3v) is 6.42. The van der Waals surface area contributed by atoms with Gasteiger partial charge in [-0.1, -0.05) is 12.1 Å². The van der Waals surface area contributed by atoms with E-state index >= 15 is 0 Å². The van der Waals surface area contributed by atoms with Gasteiger partial charge in [0.2, 0.25) is 10.0 Å². The van der Waals surface area contributed by atoms with Gasteiger partial charge in [-0.15, -0.1) is 0 Å². The van der Waals surface area contributed by atoms with Crippen molar-refractivity contribution in [1.29, 1.82) is 0 Å². The Labute approximate surface area is 160 Å². The van der Waals surface area contributed by atoms with Gasteiger partial charge in [-0.25, -0.2) is 8.42 Å². The van der Waals surface area contributed by atoms with E-state index in [0.29, 0.717) is 36.7 Å². The summed E-state index contributed by atoms with van der Waals surface area (Å²) in [5.74, 6) is 0.538. The molecule has 1 aliphatic heterocycles. The molecule has 1 heterocycles. The molecule has 1 amide bonds. The zero-order valence-electron chi connectivity index (χ0n) is 15.3. The lowest BCUT2D eigenvalue weighted by atomic mass is 10.2. The maximum atomic E-state index is 12.5. The van der Waals surface area contributed by atoms with Crippen LogP contribution in [0.3, 0.4) is 0 Å². The van der Waals surface area contributed by atoms with Crippen LogP contribution in [0.5, 0.6) is 5.75 Å². The standard InChI is InChI=1S/C20H24N2O4S/c1-2-26-18-9-7-17(8-10-18)20(23)21-15-16-5-11-19(12-6-16)27(24,25)22-13-3-4-14-22/h5-12H,2-4,13-15H2,1H3,(H,21,23). The molecule has 3 rings (SSSR count). The molecule has 6 nitrogen and oxygen atoms in total. The molecular weight excluding hydrogens is 364 g/mol. The summed E-state index contributed by atoms with van der Waals surface area (Å²) in [6.07, 6.45) is 1.82. The molecule has 1 aliphatic rings. The first-order chi connectivity index (χ1) is 13.0. The first-order valence-electron chi connectivity index (χ1n) is 9.11. The molecule has 7 heteroatoms. The molecular formula is C20H24N2O4S. The van der Waals surface area contributed by atoms with Gasteiger partial charge >= 0.3 is 0 Å². The van der Waals surface area contributed by atoms with Crippen molar-refractivity contribution in [3.8, 4) is 5.75 Å². The van der Waals surface area contributed by atoms with Gasteiger partial charge in [0.15, 0.2) is 0 Å². The van der Waals surface area contributed by atoms with Gasteiger partial charge in [-0.3, -0.25) is 4.79 Å². The minimum atomic E-state index is -3.40. The van der Waals surface area contributed by atoms with Crippen LogP contribution in [-0.4, -0.2) is 38.3 Å². The first-order valence-corrected chi connectivity index (χ1v) is 10.5.